The minimum absolute atomic E-state index is 0.211. The van der Waals surface area contributed by atoms with E-state index in [4.69, 9.17) is 13.9 Å². The van der Waals surface area contributed by atoms with Gasteiger partial charge in [0.2, 0.25) is 0 Å². The number of carbonyl (C=O) groups excluding carboxylic acids is 1. The molecule has 1 amide bonds. The van der Waals surface area contributed by atoms with E-state index in [-0.39, 0.29) is 18.3 Å². The third-order valence-electron chi connectivity index (χ3n) is 3.48. The summed E-state index contributed by atoms with van der Waals surface area (Å²) in [5, 5.41) is 6.89. The van der Waals surface area contributed by atoms with Crippen LogP contribution in [0.3, 0.4) is 0 Å². The van der Waals surface area contributed by atoms with Crippen LogP contribution in [-0.2, 0) is 17.9 Å². The Morgan fingerprint density at radius 3 is 3.04 bits per heavy atom. The maximum absolute atomic E-state index is 12.3. The van der Waals surface area contributed by atoms with E-state index in [0.717, 1.165) is 4.47 Å². The molecule has 136 valence electrons. The van der Waals surface area contributed by atoms with Gasteiger partial charge in [-0.2, -0.15) is 5.10 Å². The third-order valence-corrected chi connectivity index (χ3v) is 3.97. The first kappa shape index (κ1) is 18.2. The number of amides is 1. The molecule has 7 nitrogen and oxygen atoms in total. The van der Waals surface area contributed by atoms with Gasteiger partial charge in [0.15, 0.2) is 5.76 Å². The first-order chi connectivity index (χ1) is 12.6. The highest BCUT2D eigenvalue weighted by Gasteiger charge is 2.13. The van der Waals surface area contributed by atoms with E-state index in [1.165, 1.54) is 0 Å². The quantitative estimate of drug-likeness (QED) is 0.601. The van der Waals surface area contributed by atoms with Crippen molar-refractivity contribution in [2.24, 2.45) is 0 Å². The topological polar surface area (TPSA) is 78.5 Å². The number of anilines is 1. The highest BCUT2D eigenvalue weighted by molar-refractivity contribution is 9.10. The van der Waals surface area contributed by atoms with Crippen LogP contribution in [0.25, 0.3) is 0 Å². The van der Waals surface area contributed by atoms with Gasteiger partial charge < -0.3 is 19.2 Å². The van der Waals surface area contributed by atoms with Crippen LogP contribution in [0.2, 0.25) is 0 Å². The maximum atomic E-state index is 12.3. The normalized spacial score (nSPS) is 10.7. The van der Waals surface area contributed by atoms with Gasteiger partial charge in [0.25, 0.3) is 5.91 Å². The van der Waals surface area contributed by atoms with Crippen molar-refractivity contribution in [1.82, 2.24) is 9.78 Å². The fraction of sp³-hybridized carbons (Fsp3) is 0.222. The van der Waals surface area contributed by atoms with E-state index >= 15 is 0 Å². The average Bonchev–Trinajstić information content (AvgIpc) is 3.28. The van der Waals surface area contributed by atoms with Gasteiger partial charge in [-0.15, -0.1) is 0 Å². The number of methoxy groups -OCH3 is 1. The second kappa shape index (κ2) is 8.68. The lowest BCUT2D eigenvalue weighted by Crippen LogP contribution is -2.10. The predicted octanol–water partition coefficient (Wildman–Crippen LogP) is 3.72. The summed E-state index contributed by atoms with van der Waals surface area (Å²) in [6.07, 6.45) is 3.31. The lowest BCUT2D eigenvalue weighted by molar-refractivity contribution is 0.0992. The summed E-state index contributed by atoms with van der Waals surface area (Å²) in [6, 6.07) is 10.8. The monoisotopic (exact) mass is 419 g/mol. The Bertz CT molecular complexity index is 875. The molecular weight excluding hydrogens is 402 g/mol. The molecule has 0 aliphatic rings. The van der Waals surface area contributed by atoms with E-state index in [0.29, 0.717) is 30.3 Å². The molecule has 1 N–H and O–H groups in total. The molecule has 0 aliphatic carbocycles. The molecule has 0 spiro atoms. The fourth-order valence-electron chi connectivity index (χ4n) is 2.22. The van der Waals surface area contributed by atoms with Crippen LogP contribution < -0.4 is 10.1 Å². The second-order valence-electron chi connectivity index (χ2n) is 5.45. The maximum Gasteiger partial charge on any atom is 0.291 e. The first-order valence-electron chi connectivity index (χ1n) is 7.94. The van der Waals surface area contributed by atoms with Crippen molar-refractivity contribution in [2.75, 3.05) is 19.0 Å². The molecule has 1 aromatic carbocycles. The number of nitrogens with one attached hydrogen (secondary N) is 1. The highest BCUT2D eigenvalue weighted by Crippen LogP contribution is 2.19. The van der Waals surface area contributed by atoms with Crippen LogP contribution in [0.15, 0.2) is 57.7 Å². The van der Waals surface area contributed by atoms with Crippen molar-refractivity contribution in [3.63, 3.8) is 0 Å². The van der Waals surface area contributed by atoms with Crippen LogP contribution in [0.1, 0.15) is 16.3 Å². The summed E-state index contributed by atoms with van der Waals surface area (Å²) in [7, 11) is 1.63. The molecule has 3 rings (SSSR count). The summed E-state index contributed by atoms with van der Waals surface area (Å²) in [4.78, 5) is 12.3. The van der Waals surface area contributed by atoms with Crippen LogP contribution in [-0.4, -0.2) is 29.4 Å². The van der Waals surface area contributed by atoms with E-state index in [2.05, 4.69) is 26.3 Å². The zero-order valence-corrected chi connectivity index (χ0v) is 15.7. The molecule has 3 aromatic rings. The molecule has 2 aromatic heterocycles. The van der Waals surface area contributed by atoms with Gasteiger partial charge in [-0.05, 0) is 30.3 Å². The molecule has 8 heteroatoms. The Morgan fingerprint density at radius 2 is 2.23 bits per heavy atom. The number of halogens is 1. The zero-order valence-electron chi connectivity index (χ0n) is 14.1. The van der Waals surface area contributed by atoms with Crippen molar-refractivity contribution in [3.8, 4) is 5.75 Å². The molecule has 0 fully saturated rings. The average molecular weight is 420 g/mol. The van der Waals surface area contributed by atoms with E-state index < -0.39 is 0 Å². The minimum atomic E-state index is -0.343. The van der Waals surface area contributed by atoms with Gasteiger partial charge in [0, 0.05) is 17.8 Å². The Kier molecular flexibility index (Phi) is 6.08. The van der Waals surface area contributed by atoms with Crippen LogP contribution >= 0.6 is 15.9 Å². The number of furan rings is 1. The van der Waals surface area contributed by atoms with Crippen LogP contribution in [0.4, 0.5) is 5.69 Å². The molecule has 0 atom stereocenters. The number of hydrogen-bond acceptors (Lipinski definition) is 5. The lowest BCUT2D eigenvalue weighted by Gasteiger charge is -2.04. The molecule has 2 heterocycles. The summed E-state index contributed by atoms with van der Waals surface area (Å²) >= 11 is 3.39. The number of benzene rings is 1. The van der Waals surface area contributed by atoms with Gasteiger partial charge in [0.05, 0.1) is 25.0 Å². The molecule has 0 aliphatic heterocycles. The molecular formula is C18H18BrN3O4. The van der Waals surface area contributed by atoms with Crippen molar-refractivity contribution in [1.29, 1.82) is 0 Å². The molecule has 0 saturated heterocycles. The number of nitrogens with zero attached hydrogens (tertiary/aromatic N) is 2. The second-order valence-corrected chi connectivity index (χ2v) is 6.37. The van der Waals surface area contributed by atoms with Crippen LogP contribution in [0.5, 0.6) is 5.75 Å². The zero-order chi connectivity index (χ0) is 18.4. The Hall–Kier alpha value is -2.58. The summed E-state index contributed by atoms with van der Waals surface area (Å²) in [5.41, 5.74) is 0.592. The highest BCUT2D eigenvalue weighted by atomic mass is 79.9. The first-order valence-corrected chi connectivity index (χ1v) is 8.73. The van der Waals surface area contributed by atoms with Gasteiger partial charge >= 0.3 is 0 Å². The SMILES string of the molecule is COCCn1cc(NC(=O)c2ccc(COc3cccc(Br)c3)o2)cn1. The largest absolute Gasteiger partial charge is 0.486 e. The number of hydrogen-bond donors (Lipinski definition) is 1. The smallest absolute Gasteiger partial charge is 0.291 e. The summed E-state index contributed by atoms with van der Waals surface area (Å²) < 4.78 is 18.8. The molecule has 0 saturated carbocycles. The Balaban J connectivity index is 1.55. The van der Waals surface area contributed by atoms with Gasteiger partial charge in [-0.1, -0.05) is 22.0 Å². The molecule has 0 unspecified atom stereocenters. The van der Waals surface area contributed by atoms with Gasteiger partial charge in [0.1, 0.15) is 18.1 Å². The summed E-state index contributed by atoms with van der Waals surface area (Å²) in [5.74, 6) is 1.14. The predicted molar refractivity (Wildman–Crippen MR) is 99.2 cm³/mol. The van der Waals surface area contributed by atoms with Crippen molar-refractivity contribution in [3.05, 3.63) is 64.8 Å². The van der Waals surface area contributed by atoms with E-state index in [9.17, 15) is 4.79 Å². The van der Waals surface area contributed by atoms with Crippen LogP contribution in [0, 0.1) is 0 Å². The molecule has 26 heavy (non-hydrogen) atoms. The van der Waals surface area contributed by atoms with E-state index in [1.54, 1.807) is 36.3 Å². The minimum Gasteiger partial charge on any atom is -0.486 e. The number of aromatic nitrogens is 2. The standard InChI is InChI=1S/C18H18BrN3O4/c1-24-8-7-22-11-14(10-20-22)21-18(23)17-6-5-16(26-17)12-25-15-4-2-3-13(19)9-15/h2-6,9-11H,7-8,12H2,1H3,(H,21,23). The third kappa shape index (κ3) is 4.96. The number of ether oxygens (including phenoxy) is 2. The number of rotatable bonds is 8. The number of carbonyl (C=O) groups is 1. The Morgan fingerprint density at radius 1 is 1.35 bits per heavy atom. The lowest BCUT2D eigenvalue weighted by atomic mass is 10.3. The Labute approximate surface area is 159 Å². The van der Waals surface area contributed by atoms with Crippen molar-refractivity contribution < 1.29 is 18.7 Å². The van der Waals surface area contributed by atoms with Gasteiger partial charge in [-0.25, -0.2) is 0 Å². The molecule has 0 bridgehead atoms. The fourth-order valence-corrected chi connectivity index (χ4v) is 2.59. The molecule has 0 radical (unpaired) electrons. The summed E-state index contributed by atoms with van der Waals surface area (Å²) in [6.45, 7) is 1.40. The van der Waals surface area contributed by atoms with Crippen molar-refractivity contribution >= 4 is 27.5 Å². The van der Waals surface area contributed by atoms with Gasteiger partial charge in [-0.3, -0.25) is 9.48 Å². The van der Waals surface area contributed by atoms with Crippen molar-refractivity contribution in [2.45, 2.75) is 13.2 Å². The van der Waals surface area contributed by atoms with E-state index in [1.807, 2.05) is 24.3 Å².